The van der Waals surface area contributed by atoms with Crippen molar-refractivity contribution >= 4 is 17.8 Å². The van der Waals surface area contributed by atoms with Crippen molar-refractivity contribution in [1.29, 1.82) is 0 Å². The number of nitrogens with one attached hydrogen (secondary N) is 2. The lowest BCUT2D eigenvalue weighted by Gasteiger charge is -2.22. The van der Waals surface area contributed by atoms with E-state index >= 15 is 0 Å². The van der Waals surface area contributed by atoms with Gasteiger partial charge in [-0.2, -0.15) is 5.10 Å². The molecule has 2 heterocycles. The number of aryl methyl sites for hydroxylation is 2. The fourth-order valence-corrected chi connectivity index (χ4v) is 4.09. The standard InChI is InChI=1S/C30H35N5O3/c1-21-13-14-25(22(2)16-21)35-27(17-26(33-35)30(3,4)5)32-28(36)20-34(19-24-12-9-15-38-24)29(37)31-18-23-10-7-6-8-11-23/h6-17H,18-20H2,1-5H3,(H,31,37)(H,32,36). The Morgan fingerprint density at radius 2 is 1.76 bits per heavy atom. The summed E-state index contributed by atoms with van der Waals surface area (Å²) in [5.41, 5.74) is 4.68. The van der Waals surface area contributed by atoms with Crippen LogP contribution in [0.3, 0.4) is 0 Å². The summed E-state index contributed by atoms with van der Waals surface area (Å²) >= 11 is 0. The van der Waals surface area contributed by atoms with E-state index in [1.54, 1.807) is 23.1 Å². The van der Waals surface area contributed by atoms with Gasteiger partial charge in [-0.15, -0.1) is 0 Å². The number of benzene rings is 2. The van der Waals surface area contributed by atoms with Crippen LogP contribution in [0, 0.1) is 13.8 Å². The number of rotatable bonds is 8. The van der Waals surface area contributed by atoms with Gasteiger partial charge in [-0.25, -0.2) is 9.48 Å². The van der Waals surface area contributed by atoms with Crippen LogP contribution in [0.5, 0.6) is 0 Å². The smallest absolute Gasteiger partial charge is 0.318 e. The second-order valence-electron chi connectivity index (χ2n) is 10.5. The maximum absolute atomic E-state index is 13.3. The zero-order valence-corrected chi connectivity index (χ0v) is 22.6. The molecule has 0 atom stereocenters. The van der Waals surface area contributed by atoms with Gasteiger partial charge in [0.2, 0.25) is 5.91 Å². The molecule has 8 nitrogen and oxygen atoms in total. The van der Waals surface area contributed by atoms with E-state index < -0.39 is 0 Å². The van der Waals surface area contributed by atoms with Crippen LogP contribution < -0.4 is 10.6 Å². The minimum atomic E-state index is -0.362. The molecule has 4 rings (SSSR count). The molecular formula is C30H35N5O3. The summed E-state index contributed by atoms with van der Waals surface area (Å²) in [6.07, 6.45) is 1.55. The average Bonchev–Trinajstić information content (AvgIpc) is 3.53. The molecule has 38 heavy (non-hydrogen) atoms. The van der Waals surface area contributed by atoms with Gasteiger partial charge in [0.1, 0.15) is 18.1 Å². The minimum absolute atomic E-state index is 0.157. The molecular weight excluding hydrogens is 478 g/mol. The Balaban J connectivity index is 1.55. The third kappa shape index (κ3) is 6.70. The number of furan rings is 1. The highest BCUT2D eigenvalue weighted by atomic mass is 16.3. The lowest BCUT2D eigenvalue weighted by atomic mass is 9.92. The first-order valence-corrected chi connectivity index (χ1v) is 12.7. The quantitative estimate of drug-likeness (QED) is 0.315. The molecule has 0 radical (unpaired) electrons. The highest BCUT2D eigenvalue weighted by Gasteiger charge is 2.24. The van der Waals surface area contributed by atoms with Gasteiger partial charge in [0.15, 0.2) is 0 Å². The number of amides is 3. The van der Waals surface area contributed by atoms with Crippen LogP contribution >= 0.6 is 0 Å². The maximum Gasteiger partial charge on any atom is 0.318 e. The van der Waals surface area contributed by atoms with Crippen LogP contribution in [-0.2, 0) is 23.3 Å². The van der Waals surface area contributed by atoms with E-state index in [0.717, 1.165) is 28.1 Å². The number of nitrogens with zero attached hydrogens (tertiary/aromatic N) is 3. The number of hydrogen-bond donors (Lipinski definition) is 2. The number of hydrogen-bond acceptors (Lipinski definition) is 4. The fourth-order valence-electron chi connectivity index (χ4n) is 4.09. The molecule has 0 bridgehead atoms. The predicted octanol–water partition coefficient (Wildman–Crippen LogP) is 5.73. The molecule has 8 heteroatoms. The molecule has 198 valence electrons. The Morgan fingerprint density at radius 3 is 2.42 bits per heavy atom. The summed E-state index contributed by atoms with van der Waals surface area (Å²) in [6, 6.07) is 20.8. The lowest BCUT2D eigenvalue weighted by molar-refractivity contribution is -0.117. The van der Waals surface area contributed by atoms with E-state index in [-0.39, 0.29) is 30.4 Å². The zero-order chi connectivity index (χ0) is 27.3. The summed E-state index contributed by atoms with van der Waals surface area (Å²) in [4.78, 5) is 27.8. The number of urea groups is 1. The van der Waals surface area contributed by atoms with E-state index in [1.165, 1.54) is 4.90 Å². The third-order valence-electron chi connectivity index (χ3n) is 6.16. The Labute approximate surface area is 223 Å². The highest BCUT2D eigenvalue weighted by Crippen LogP contribution is 2.28. The Bertz CT molecular complexity index is 1390. The van der Waals surface area contributed by atoms with E-state index in [1.807, 2.05) is 62.4 Å². The molecule has 4 aromatic rings. The highest BCUT2D eigenvalue weighted by molar-refractivity contribution is 5.94. The lowest BCUT2D eigenvalue weighted by Crippen LogP contribution is -2.43. The van der Waals surface area contributed by atoms with Gasteiger partial charge in [-0.1, -0.05) is 68.8 Å². The van der Waals surface area contributed by atoms with E-state index in [9.17, 15) is 9.59 Å². The van der Waals surface area contributed by atoms with Crippen LogP contribution in [0.25, 0.3) is 5.69 Å². The minimum Gasteiger partial charge on any atom is -0.467 e. The number of anilines is 1. The summed E-state index contributed by atoms with van der Waals surface area (Å²) in [5.74, 6) is 0.801. The van der Waals surface area contributed by atoms with Gasteiger partial charge in [-0.05, 0) is 43.2 Å². The molecule has 2 N–H and O–H groups in total. The van der Waals surface area contributed by atoms with Crippen LogP contribution in [-0.4, -0.2) is 33.2 Å². The SMILES string of the molecule is Cc1ccc(-n2nc(C(C)(C)C)cc2NC(=O)CN(Cc2ccco2)C(=O)NCc2ccccc2)c(C)c1. The second-order valence-corrected chi connectivity index (χ2v) is 10.5. The molecule has 2 aromatic carbocycles. The van der Waals surface area contributed by atoms with Crippen LogP contribution in [0.1, 0.15) is 48.9 Å². The molecule has 0 fully saturated rings. The second kappa shape index (κ2) is 11.4. The van der Waals surface area contributed by atoms with Crippen molar-refractivity contribution in [3.05, 3.63) is 101 Å². The first-order valence-electron chi connectivity index (χ1n) is 12.7. The van der Waals surface area contributed by atoms with Gasteiger partial charge < -0.3 is 20.0 Å². The van der Waals surface area contributed by atoms with Crippen molar-refractivity contribution in [1.82, 2.24) is 20.0 Å². The van der Waals surface area contributed by atoms with Gasteiger partial charge in [0, 0.05) is 18.0 Å². The Hall–Kier alpha value is -4.33. The summed E-state index contributed by atoms with van der Waals surface area (Å²) < 4.78 is 7.21. The summed E-state index contributed by atoms with van der Waals surface area (Å²) in [6.45, 7) is 10.6. The molecule has 0 aliphatic heterocycles. The van der Waals surface area contributed by atoms with Crippen molar-refractivity contribution in [2.75, 3.05) is 11.9 Å². The van der Waals surface area contributed by atoms with Gasteiger partial charge >= 0.3 is 6.03 Å². The average molecular weight is 514 g/mol. The van der Waals surface area contributed by atoms with Gasteiger partial charge in [0.25, 0.3) is 0 Å². The first kappa shape index (κ1) is 26.7. The van der Waals surface area contributed by atoms with Crippen molar-refractivity contribution < 1.29 is 14.0 Å². The van der Waals surface area contributed by atoms with Crippen molar-refractivity contribution in [3.8, 4) is 5.69 Å². The molecule has 3 amide bonds. The Kier molecular flexibility index (Phi) is 8.00. The Morgan fingerprint density at radius 1 is 1.00 bits per heavy atom. The van der Waals surface area contributed by atoms with E-state index in [4.69, 9.17) is 9.52 Å². The summed E-state index contributed by atoms with van der Waals surface area (Å²) in [7, 11) is 0. The number of aromatic nitrogens is 2. The molecule has 0 aliphatic carbocycles. The zero-order valence-electron chi connectivity index (χ0n) is 22.6. The van der Waals surface area contributed by atoms with E-state index in [2.05, 4.69) is 37.5 Å². The van der Waals surface area contributed by atoms with Crippen molar-refractivity contribution in [3.63, 3.8) is 0 Å². The fraction of sp³-hybridized carbons (Fsp3) is 0.300. The van der Waals surface area contributed by atoms with Crippen LogP contribution in [0.15, 0.2) is 77.4 Å². The largest absolute Gasteiger partial charge is 0.467 e. The first-order chi connectivity index (χ1) is 18.1. The molecule has 0 saturated carbocycles. The molecule has 2 aromatic heterocycles. The molecule has 0 aliphatic rings. The van der Waals surface area contributed by atoms with Crippen LogP contribution in [0.2, 0.25) is 0 Å². The van der Waals surface area contributed by atoms with Crippen molar-refractivity contribution in [2.24, 2.45) is 0 Å². The predicted molar refractivity (Wildman–Crippen MR) is 148 cm³/mol. The van der Waals surface area contributed by atoms with Gasteiger partial charge in [-0.3, -0.25) is 4.79 Å². The van der Waals surface area contributed by atoms with Gasteiger partial charge in [0.05, 0.1) is 24.2 Å². The normalized spacial score (nSPS) is 11.3. The number of carbonyl (C=O) groups excluding carboxylic acids is 2. The third-order valence-corrected chi connectivity index (χ3v) is 6.16. The monoisotopic (exact) mass is 513 g/mol. The topological polar surface area (TPSA) is 92.4 Å². The van der Waals surface area contributed by atoms with Crippen LogP contribution in [0.4, 0.5) is 10.6 Å². The van der Waals surface area contributed by atoms with Crippen molar-refractivity contribution in [2.45, 2.75) is 53.1 Å². The number of carbonyl (C=O) groups is 2. The van der Waals surface area contributed by atoms with E-state index in [0.29, 0.717) is 18.1 Å². The maximum atomic E-state index is 13.3. The molecule has 0 saturated heterocycles. The molecule has 0 spiro atoms. The molecule has 0 unspecified atom stereocenters. The summed E-state index contributed by atoms with van der Waals surface area (Å²) in [5, 5.41) is 10.7.